The summed E-state index contributed by atoms with van der Waals surface area (Å²) in [6, 6.07) is 4.30. The molecule has 1 aromatic carbocycles. The molecule has 0 saturated heterocycles. The molecule has 2 aromatic rings. The fraction of sp³-hybridized carbons (Fsp3) is 0.286. The molecule has 7 heteroatoms. The summed E-state index contributed by atoms with van der Waals surface area (Å²) in [6.45, 7) is 4.63. The van der Waals surface area contributed by atoms with Crippen molar-refractivity contribution in [1.29, 1.82) is 0 Å². The lowest BCUT2D eigenvalue weighted by molar-refractivity contribution is -0.117. The van der Waals surface area contributed by atoms with Crippen molar-refractivity contribution < 1.29 is 14.3 Å². The van der Waals surface area contributed by atoms with Crippen LogP contribution in [0.4, 0.5) is 9.52 Å². The van der Waals surface area contributed by atoms with Crippen LogP contribution in [-0.4, -0.2) is 47.1 Å². The number of benzene rings is 1. The first-order valence-corrected chi connectivity index (χ1v) is 7.24. The molecule has 2 N–H and O–H groups in total. The SMILES string of the molecule is C=CCN(CCO)CC(=O)Nc1nc2ccc(F)cc2s1. The molecule has 0 saturated carbocycles. The monoisotopic (exact) mass is 309 g/mol. The van der Waals surface area contributed by atoms with Gasteiger partial charge in [0.25, 0.3) is 0 Å². The zero-order valence-electron chi connectivity index (χ0n) is 11.4. The van der Waals surface area contributed by atoms with Crippen LogP contribution < -0.4 is 5.32 Å². The number of anilines is 1. The largest absolute Gasteiger partial charge is 0.395 e. The molecule has 1 aromatic heterocycles. The van der Waals surface area contributed by atoms with Gasteiger partial charge in [0.15, 0.2) is 5.13 Å². The second-order valence-electron chi connectivity index (χ2n) is 4.43. The van der Waals surface area contributed by atoms with E-state index in [9.17, 15) is 9.18 Å². The van der Waals surface area contributed by atoms with Gasteiger partial charge in [-0.15, -0.1) is 6.58 Å². The van der Waals surface area contributed by atoms with Crippen molar-refractivity contribution in [2.24, 2.45) is 0 Å². The van der Waals surface area contributed by atoms with Gasteiger partial charge in [-0.1, -0.05) is 17.4 Å². The van der Waals surface area contributed by atoms with Crippen molar-refractivity contribution in [1.82, 2.24) is 9.88 Å². The van der Waals surface area contributed by atoms with Crippen LogP contribution >= 0.6 is 11.3 Å². The number of fused-ring (bicyclic) bond motifs is 1. The smallest absolute Gasteiger partial charge is 0.240 e. The van der Waals surface area contributed by atoms with E-state index in [0.29, 0.717) is 28.4 Å². The molecule has 1 amide bonds. The van der Waals surface area contributed by atoms with Gasteiger partial charge < -0.3 is 10.4 Å². The number of aliphatic hydroxyl groups is 1. The first-order valence-electron chi connectivity index (χ1n) is 6.42. The summed E-state index contributed by atoms with van der Waals surface area (Å²) in [7, 11) is 0. The van der Waals surface area contributed by atoms with Gasteiger partial charge in [0.2, 0.25) is 5.91 Å². The summed E-state index contributed by atoms with van der Waals surface area (Å²) in [4.78, 5) is 17.9. The molecule has 21 heavy (non-hydrogen) atoms. The van der Waals surface area contributed by atoms with Crippen LogP contribution in [0.25, 0.3) is 10.2 Å². The van der Waals surface area contributed by atoms with E-state index in [2.05, 4.69) is 16.9 Å². The number of carbonyl (C=O) groups is 1. The normalized spacial score (nSPS) is 11.0. The average Bonchev–Trinajstić information content (AvgIpc) is 2.80. The van der Waals surface area contributed by atoms with E-state index in [0.717, 1.165) is 0 Å². The minimum Gasteiger partial charge on any atom is -0.395 e. The molecule has 0 radical (unpaired) electrons. The van der Waals surface area contributed by atoms with E-state index in [1.165, 1.54) is 23.5 Å². The standard InChI is InChI=1S/C14H16FN3O2S/c1-2-5-18(6-7-19)9-13(20)17-14-16-11-4-3-10(15)8-12(11)21-14/h2-4,8,19H,1,5-7,9H2,(H,16,17,20). The number of rotatable bonds is 7. The van der Waals surface area contributed by atoms with E-state index >= 15 is 0 Å². The van der Waals surface area contributed by atoms with Gasteiger partial charge in [0, 0.05) is 13.1 Å². The van der Waals surface area contributed by atoms with Gasteiger partial charge in [-0.05, 0) is 18.2 Å². The highest BCUT2D eigenvalue weighted by molar-refractivity contribution is 7.22. The molecule has 0 atom stereocenters. The van der Waals surface area contributed by atoms with Crippen molar-refractivity contribution in [3.8, 4) is 0 Å². The van der Waals surface area contributed by atoms with Crippen LogP contribution in [0.3, 0.4) is 0 Å². The summed E-state index contributed by atoms with van der Waals surface area (Å²) in [5.74, 6) is -0.561. The third-order valence-corrected chi connectivity index (χ3v) is 3.70. The minimum atomic E-state index is -0.330. The molecule has 1 heterocycles. The number of thiazole rings is 1. The number of hydrogen-bond donors (Lipinski definition) is 2. The maximum atomic E-state index is 13.1. The van der Waals surface area contributed by atoms with Gasteiger partial charge in [0.1, 0.15) is 5.82 Å². The average molecular weight is 309 g/mol. The molecule has 5 nitrogen and oxygen atoms in total. The van der Waals surface area contributed by atoms with Crippen molar-refractivity contribution >= 4 is 32.6 Å². The van der Waals surface area contributed by atoms with Crippen LogP contribution in [0.15, 0.2) is 30.9 Å². The lowest BCUT2D eigenvalue weighted by Crippen LogP contribution is -2.35. The van der Waals surface area contributed by atoms with Gasteiger partial charge in [-0.25, -0.2) is 9.37 Å². The molecule has 112 valence electrons. The number of hydrogen-bond acceptors (Lipinski definition) is 5. The van der Waals surface area contributed by atoms with Gasteiger partial charge in [-0.3, -0.25) is 9.69 Å². The summed E-state index contributed by atoms with van der Waals surface area (Å²) >= 11 is 1.22. The van der Waals surface area contributed by atoms with Crippen LogP contribution in [0, 0.1) is 5.82 Å². The molecular weight excluding hydrogens is 293 g/mol. The van der Waals surface area contributed by atoms with Crippen LogP contribution in [0.5, 0.6) is 0 Å². The third-order valence-electron chi connectivity index (χ3n) is 2.77. The number of aliphatic hydroxyl groups excluding tert-OH is 1. The molecular formula is C14H16FN3O2S. The van der Waals surface area contributed by atoms with Gasteiger partial charge in [0.05, 0.1) is 23.4 Å². The zero-order chi connectivity index (χ0) is 15.2. The molecule has 0 aliphatic rings. The lowest BCUT2D eigenvalue weighted by Gasteiger charge is -2.18. The summed E-state index contributed by atoms with van der Waals surface area (Å²) in [5, 5.41) is 12.1. The Kier molecular flexibility index (Phi) is 5.38. The number of nitrogens with one attached hydrogen (secondary N) is 1. The number of nitrogens with zero attached hydrogens (tertiary/aromatic N) is 2. The van der Waals surface area contributed by atoms with E-state index in [-0.39, 0.29) is 24.9 Å². The Labute approximate surface area is 125 Å². The van der Waals surface area contributed by atoms with Crippen molar-refractivity contribution in [3.05, 3.63) is 36.7 Å². The number of amides is 1. The molecule has 0 fully saturated rings. The fourth-order valence-electron chi connectivity index (χ4n) is 1.87. The number of carbonyl (C=O) groups excluding carboxylic acids is 1. The Balaban J connectivity index is 2.01. The lowest BCUT2D eigenvalue weighted by atomic mass is 10.3. The highest BCUT2D eigenvalue weighted by Crippen LogP contribution is 2.26. The van der Waals surface area contributed by atoms with E-state index in [1.54, 1.807) is 17.0 Å². The topological polar surface area (TPSA) is 65.5 Å². The fourth-order valence-corrected chi connectivity index (χ4v) is 2.78. The Morgan fingerprint density at radius 2 is 2.38 bits per heavy atom. The Hall–Kier alpha value is -1.83. The zero-order valence-corrected chi connectivity index (χ0v) is 12.2. The van der Waals surface area contributed by atoms with Gasteiger partial charge >= 0.3 is 0 Å². The van der Waals surface area contributed by atoms with E-state index in [1.807, 2.05) is 0 Å². The molecule has 0 spiro atoms. The number of aromatic nitrogens is 1. The second-order valence-corrected chi connectivity index (χ2v) is 5.46. The third kappa shape index (κ3) is 4.32. The maximum Gasteiger partial charge on any atom is 0.240 e. The number of halogens is 1. The second kappa shape index (κ2) is 7.26. The quantitative estimate of drug-likeness (QED) is 0.766. The van der Waals surface area contributed by atoms with E-state index in [4.69, 9.17) is 5.11 Å². The summed E-state index contributed by atoms with van der Waals surface area (Å²) < 4.78 is 13.8. The molecule has 0 bridgehead atoms. The summed E-state index contributed by atoms with van der Waals surface area (Å²) in [6.07, 6.45) is 1.67. The van der Waals surface area contributed by atoms with Crippen molar-refractivity contribution in [3.63, 3.8) is 0 Å². The van der Waals surface area contributed by atoms with Crippen LogP contribution in [0.1, 0.15) is 0 Å². The molecule has 2 rings (SSSR count). The van der Waals surface area contributed by atoms with E-state index < -0.39 is 0 Å². The minimum absolute atomic E-state index is 0.0263. The van der Waals surface area contributed by atoms with Crippen molar-refractivity contribution in [2.75, 3.05) is 31.6 Å². The predicted octanol–water partition coefficient (Wildman–Crippen LogP) is 1.85. The first-order chi connectivity index (χ1) is 10.1. The maximum absolute atomic E-state index is 13.1. The van der Waals surface area contributed by atoms with Crippen molar-refractivity contribution in [2.45, 2.75) is 0 Å². The van der Waals surface area contributed by atoms with Crippen LogP contribution in [-0.2, 0) is 4.79 Å². The highest BCUT2D eigenvalue weighted by atomic mass is 32.1. The first kappa shape index (κ1) is 15.6. The van der Waals surface area contributed by atoms with Gasteiger partial charge in [-0.2, -0.15) is 0 Å². The summed E-state index contributed by atoms with van der Waals surface area (Å²) in [5.41, 5.74) is 0.648. The predicted molar refractivity (Wildman–Crippen MR) is 81.9 cm³/mol. The Bertz CT molecular complexity index is 644. The van der Waals surface area contributed by atoms with Crippen LogP contribution in [0.2, 0.25) is 0 Å². The molecule has 0 aliphatic heterocycles. The Morgan fingerprint density at radius 1 is 1.57 bits per heavy atom. The molecule has 0 unspecified atom stereocenters. The highest BCUT2D eigenvalue weighted by Gasteiger charge is 2.12. The molecule has 0 aliphatic carbocycles. The Morgan fingerprint density at radius 3 is 3.10 bits per heavy atom.